The lowest BCUT2D eigenvalue weighted by Gasteiger charge is -2.56. The highest BCUT2D eigenvalue weighted by Crippen LogP contribution is 2.58. The van der Waals surface area contributed by atoms with Crippen LogP contribution in [0.1, 0.15) is 45.4 Å². The number of benzene rings is 1. The van der Waals surface area contributed by atoms with E-state index < -0.39 is 0 Å². The van der Waals surface area contributed by atoms with Gasteiger partial charge in [-0.05, 0) is 87.5 Å². The minimum absolute atomic E-state index is 0.195. The zero-order chi connectivity index (χ0) is 19.3. The van der Waals surface area contributed by atoms with Crippen molar-refractivity contribution < 1.29 is 4.74 Å². The molecular formula is C22H27N3O3. The predicted octanol–water partition coefficient (Wildman–Crippen LogP) is 3.60. The number of aromatic amines is 1. The van der Waals surface area contributed by atoms with Crippen molar-refractivity contribution >= 4 is 11.5 Å². The third-order valence-corrected chi connectivity index (χ3v) is 6.86. The molecule has 1 heterocycles. The van der Waals surface area contributed by atoms with E-state index in [1.165, 1.54) is 25.3 Å². The van der Waals surface area contributed by atoms with Crippen LogP contribution in [0.4, 0.5) is 11.5 Å². The van der Waals surface area contributed by atoms with Crippen LogP contribution in [0.25, 0.3) is 0 Å². The molecule has 0 saturated heterocycles. The molecule has 0 amide bonds. The van der Waals surface area contributed by atoms with E-state index in [9.17, 15) is 9.59 Å². The molecule has 6 heteroatoms. The second-order valence-corrected chi connectivity index (χ2v) is 8.89. The lowest BCUT2D eigenvalue weighted by Crippen LogP contribution is -2.58. The van der Waals surface area contributed by atoms with Crippen LogP contribution < -0.4 is 21.3 Å². The van der Waals surface area contributed by atoms with Gasteiger partial charge in [-0.15, -0.1) is 0 Å². The van der Waals surface area contributed by atoms with Crippen molar-refractivity contribution in [3.8, 4) is 5.75 Å². The smallest absolute Gasteiger partial charge is 0.330 e. The van der Waals surface area contributed by atoms with Gasteiger partial charge in [0.25, 0.3) is 5.56 Å². The number of rotatable bonds is 5. The number of nitrogens with zero attached hydrogens (tertiary/aromatic N) is 1. The summed E-state index contributed by atoms with van der Waals surface area (Å²) in [6.45, 7) is 2.55. The lowest BCUT2D eigenvalue weighted by atomic mass is 9.53. The molecule has 6 rings (SSSR count). The summed E-state index contributed by atoms with van der Waals surface area (Å²) in [6, 6.07) is 8.99. The normalized spacial score (nSPS) is 30.4. The largest absolute Gasteiger partial charge is 0.494 e. The Hall–Kier alpha value is -2.50. The summed E-state index contributed by atoms with van der Waals surface area (Å²) in [5.74, 6) is 3.26. The molecule has 0 aliphatic heterocycles. The third kappa shape index (κ3) is 2.95. The second kappa shape index (κ2) is 6.54. The molecule has 6 nitrogen and oxygen atoms in total. The molecule has 1 aromatic heterocycles. The van der Waals surface area contributed by atoms with Crippen LogP contribution in [-0.4, -0.2) is 16.2 Å². The van der Waals surface area contributed by atoms with Crippen molar-refractivity contribution in [3.05, 3.63) is 51.2 Å². The average molecular weight is 381 g/mol. The standard InChI is InChI=1S/C22H27N3O3/c1-2-28-18-5-3-17(4-6-18)23-19-10-20(26)25(21(27)24-19)22-11-14-7-15(12-22)9-16(8-14)13-22/h3-6,10,14-16,23H,2,7-9,11-13H2,1H3,(H,24,27). The van der Waals surface area contributed by atoms with Crippen molar-refractivity contribution in [2.24, 2.45) is 17.8 Å². The zero-order valence-corrected chi connectivity index (χ0v) is 16.2. The maximum atomic E-state index is 13.0. The van der Waals surface area contributed by atoms with Crippen molar-refractivity contribution in [1.29, 1.82) is 0 Å². The molecule has 4 bridgehead atoms. The molecule has 4 saturated carbocycles. The first-order chi connectivity index (χ1) is 13.5. The molecular weight excluding hydrogens is 354 g/mol. The highest BCUT2D eigenvalue weighted by molar-refractivity contribution is 5.56. The Balaban J connectivity index is 1.43. The van der Waals surface area contributed by atoms with Gasteiger partial charge >= 0.3 is 5.69 Å². The summed E-state index contributed by atoms with van der Waals surface area (Å²) in [7, 11) is 0. The fourth-order valence-electron chi connectivity index (χ4n) is 6.31. The van der Waals surface area contributed by atoms with Crippen molar-refractivity contribution in [3.63, 3.8) is 0 Å². The van der Waals surface area contributed by atoms with E-state index in [-0.39, 0.29) is 16.8 Å². The summed E-state index contributed by atoms with van der Waals surface area (Å²) in [4.78, 5) is 28.8. The first-order valence-electron chi connectivity index (χ1n) is 10.4. The van der Waals surface area contributed by atoms with Gasteiger partial charge in [0.05, 0.1) is 12.1 Å². The third-order valence-electron chi connectivity index (χ3n) is 6.86. The Labute approximate surface area is 163 Å². The minimum Gasteiger partial charge on any atom is -0.494 e. The van der Waals surface area contributed by atoms with Crippen LogP contribution in [0.3, 0.4) is 0 Å². The zero-order valence-electron chi connectivity index (χ0n) is 16.2. The van der Waals surface area contributed by atoms with Gasteiger partial charge < -0.3 is 10.1 Å². The van der Waals surface area contributed by atoms with E-state index in [1.54, 1.807) is 4.57 Å². The van der Waals surface area contributed by atoms with Crippen LogP contribution in [0.2, 0.25) is 0 Å². The topological polar surface area (TPSA) is 76.1 Å². The number of anilines is 2. The number of nitrogens with one attached hydrogen (secondary N) is 2. The first kappa shape index (κ1) is 17.6. The quantitative estimate of drug-likeness (QED) is 0.830. The van der Waals surface area contributed by atoms with Crippen LogP contribution in [-0.2, 0) is 5.54 Å². The Morgan fingerprint density at radius 2 is 1.68 bits per heavy atom. The van der Waals surface area contributed by atoms with E-state index in [0.29, 0.717) is 30.2 Å². The van der Waals surface area contributed by atoms with E-state index >= 15 is 0 Å². The molecule has 4 aliphatic rings. The summed E-state index contributed by atoms with van der Waals surface area (Å²) < 4.78 is 6.99. The SMILES string of the molecule is CCOc1ccc(Nc2cc(=O)n(C34CC5CC(CC(C5)C3)C4)c(=O)[nH]2)cc1. The summed E-state index contributed by atoms with van der Waals surface area (Å²) in [5.41, 5.74) is 0.0463. The number of hydrogen-bond donors (Lipinski definition) is 2. The molecule has 0 spiro atoms. The molecule has 1 aromatic carbocycles. The maximum Gasteiger partial charge on any atom is 0.330 e. The highest BCUT2D eigenvalue weighted by Gasteiger charge is 2.52. The second-order valence-electron chi connectivity index (χ2n) is 8.89. The molecule has 4 fully saturated rings. The number of hydrogen-bond acceptors (Lipinski definition) is 4. The Morgan fingerprint density at radius 1 is 1.07 bits per heavy atom. The predicted molar refractivity (Wildman–Crippen MR) is 108 cm³/mol. The van der Waals surface area contributed by atoms with Gasteiger partial charge in [0.2, 0.25) is 0 Å². The van der Waals surface area contributed by atoms with Crippen LogP contribution >= 0.6 is 0 Å². The van der Waals surface area contributed by atoms with Gasteiger partial charge in [-0.2, -0.15) is 0 Å². The molecule has 0 atom stereocenters. The molecule has 28 heavy (non-hydrogen) atoms. The Kier molecular flexibility index (Phi) is 4.11. The van der Waals surface area contributed by atoms with Crippen LogP contribution in [0.5, 0.6) is 5.75 Å². The Morgan fingerprint density at radius 3 is 2.21 bits per heavy atom. The monoisotopic (exact) mass is 381 g/mol. The fraction of sp³-hybridized carbons (Fsp3) is 0.545. The summed E-state index contributed by atoms with van der Waals surface area (Å²) in [6.07, 6.45) is 6.78. The van der Waals surface area contributed by atoms with E-state index in [0.717, 1.165) is 30.7 Å². The van der Waals surface area contributed by atoms with E-state index in [1.807, 2.05) is 31.2 Å². The van der Waals surface area contributed by atoms with Crippen LogP contribution in [0, 0.1) is 17.8 Å². The molecule has 4 aliphatic carbocycles. The van der Waals surface area contributed by atoms with Gasteiger partial charge in [0.15, 0.2) is 0 Å². The Bertz CT molecular complexity index is 923. The first-order valence-corrected chi connectivity index (χ1v) is 10.4. The average Bonchev–Trinajstić information content (AvgIpc) is 2.61. The van der Waals surface area contributed by atoms with Crippen molar-refractivity contribution in [2.45, 2.75) is 51.0 Å². The van der Waals surface area contributed by atoms with Gasteiger partial charge in [0.1, 0.15) is 11.6 Å². The molecule has 2 N–H and O–H groups in total. The van der Waals surface area contributed by atoms with Gasteiger partial charge in [-0.25, -0.2) is 4.79 Å². The van der Waals surface area contributed by atoms with Crippen molar-refractivity contribution in [2.75, 3.05) is 11.9 Å². The van der Waals surface area contributed by atoms with Gasteiger partial charge in [-0.3, -0.25) is 14.3 Å². The van der Waals surface area contributed by atoms with E-state index in [2.05, 4.69) is 10.3 Å². The maximum absolute atomic E-state index is 13.0. The number of aromatic nitrogens is 2. The summed E-state index contributed by atoms with van der Waals surface area (Å²) >= 11 is 0. The lowest BCUT2D eigenvalue weighted by molar-refractivity contribution is -0.0470. The highest BCUT2D eigenvalue weighted by atomic mass is 16.5. The van der Waals surface area contributed by atoms with Gasteiger partial charge in [0, 0.05) is 11.8 Å². The van der Waals surface area contributed by atoms with Crippen LogP contribution in [0.15, 0.2) is 39.9 Å². The van der Waals surface area contributed by atoms with Crippen molar-refractivity contribution in [1.82, 2.24) is 9.55 Å². The van der Waals surface area contributed by atoms with Gasteiger partial charge in [-0.1, -0.05) is 0 Å². The molecule has 148 valence electrons. The molecule has 2 aromatic rings. The minimum atomic E-state index is -0.289. The number of H-pyrrole nitrogens is 1. The van der Waals surface area contributed by atoms with E-state index in [4.69, 9.17) is 4.74 Å². The molecule has 0 unspecified atom stereocenters. The fourth-order valence-corrected chi connectivity index (χ4v) is 6.31. The summed E-state index contributed by atoms with van der Waals surface area (Å²) in [5, 5.41) is 3.13. The molecule has 0 radical (unpaired) electrons. The number of ether oxygens (including phenoxy) is 1.